The van der Waals surface area contributed by atoms with Crippen molar-refractivity contribution in [2.45, 2.75) is 25.7 Å². The highest BCUT2D eigenvalue weighted by Gasteiger charge is 2.19. The van der Waals surface area contributed by atoms with Gasteiger partial charge in [-0.2, -0.15) is 5.26 Å². The molecule has 1 aromatic heterocycles. The van der Waals surface area contributed by atoms with Gasteiger partial charge in [0.15, 0.2) is 0 Å². The Labute approximate surface area is 138 Å². The minimum absolute atomic E-state index is 0.440. The topological polar surface area (TPSA) is 39.6 Å². The molecule has 0 amide bonds. The monoisotopic (exact) mass is 352 g/mol. The van der Waals surface area contributed by atoms with Crippen LogP contribution in [0.3, 0.4) is 0 Å². The van der Waals surface area contributed by atoms with Gasteiger partial charge in [-0.15, -0.1) is 0 Å². The predicted molar refractivity (Wildman–Crippen MR) is 93.9 cm³/mol. The Morgan fingerprint density at radius 2 is 1.86 bits per heavy atom. The number of H-pyrrole nitrogens is 1. The van der Waals surface area contributed by atoms with Crippen LogP contribution >= 0.6 is 15.9 Å². The van der Waals surface area contributed by atoms with Gasteiger partial charge in [0.25, 0.3) is 0 Å². The zero-order valence-electron chi connectivity index (χ0n) is 12.7. The Kier molecular flexibility index (Phi) is 3.80. The Balaban J connectivity index is 1.89. The predicted octanol–water partition coefficient (Wildman–Crippen LogP) is 5.32. The molecule has 2 aromatic carbocycles. The molecule has 0 fully saturated rings. The van der Waals surface area contributed by atoms with Crippen molar-refractivity contribution in [1.29, 1.82) is 5.26 Å². The number of nitriles is 1. The fraction of sp³-hybridized carbons (Fsp3) is 0.211. The van der Waals surface area contributed by atoms with Crippen LogP contribution in [0.2, 0.25) is 0 Å². The van der Waals surface area contributed by atoms with E-state index in [0.717, 1.165) is 22.0 Å². The summed E-state index contributed by atoms with van der Waals surface area (Å²) in [5.41, 5.74) is 4.30. The van der Waals surface area contributed by atoms with Crippen molar-refractivity contribution in [1.82, 2.24) is 4.98 Å². The number of nitrogens with one attached hydrogen (secondary N) is 1. The maximum atomic E-state index is 9.21. The second-order valence-corrected chi connectivity index (χ2v) is 7.03. The van der Waals surface area contributed by atoms with Crippen LogP contribution in [0.4, 0.5) is 0 Å². The maximum Gasteiger partial charge on any atom is 0.0766 e. The molecule has 3 aromatic rings. The summed E-state index contributed by atoms with van der Waals surface area (Å²) in [7, 11) is 0. The molecule has 0 aliphatic carbocycles. The quantitative estimate of drug-likeness (QED) is 0.680. The highest BCUT2D eigenvalue weighted by Crippen LogP contribution is 2.26. The lowest BCUT2D eigenvalue weighted by molar-refractivity contribution is 0.686. The number of rotatable bonds is 3. The summed E-state index contributed by atoms with van der Waals surface area (Å²) in [6.45, 7) is 3.89. The zero-order chi connectivity index (χ0) is 15.7. The van der Waals surface area contributed by atoms with Gasteiger partial charge in [0.05, 0.1) is 11.5 Å². The summed E-state index contributed by atoms with van der Waals surface area (Å²) in [6, 6.07) is 17.0. The van der Waals surface area contributed by atoms with Gasteiger partial charge >= 0.3 is 0 Å². The average molecular weight is 353 g/mol. The van der Waals surface area contributed by atoms with Crippen molar-refractivity contribution in [3.63, 3.8) is 0 Å². The smallest absolute Gasteiger partial charge is 0.0766 e. The lowest BCUT2D eigenvalue weighted by atomic mass is 9.85. The van der Waals surface area contributed by atoms with Gasteiger partial charge in [-0.1, -0.05) is 40.2 Å². The summed E-state index contributed by atoms with van der Waals surface area (Å²) in [6.07, 6.45) is 2.95. The number of nitrogens with zero attached hydrogens (tertiary/aromatic N) is 1. The van der Waals surface area contributed by atoms with Crippen LogP contribution < -0.4 is 0 Å². The van der Waals surface area contributed by atoms with Crippen molar-refractivity contribution in [2.75, 3.05) is 0 Å². The molecule has 0 aliphatic rings. The minimum Gasteiger partial charge on any atom is -0.361 e. The van der Waals surface area contributed by atoms with Crippen LogP contribution in [0.25, 0.3) is 10.9 Å². The van der Waals surface area contributed by atoms with Crippen molar-refractivity contribution >= 4 is 26.8 Å². The molecule has 2 nitrogen and oxygen atoms in total. The molecule has 0 saturated heterocycles. The Morgan fingerprint density at radius 1 is 1.14 bits per heavy atom. The third-order valence-electron chi connectivity index (χ3n) is 4.08. The number of hydrogen-bond donors (Lipinski definition) is 1. The molecule has 3 rings (SSSR count). The minimum atomic E-state index is -0.440. The van der Waals surface area contributed by atoms with Crippen molar-refractivity contribution in [2.24, 2.45) is 0 Å². The van der Waals surface area contributed by atoms with E-state index >= 15 is 0 Å². The standard InChI is InChI=1S/C19H17BrN2/c1-19(2,12-21)15-5-3-13(4-6-15)9-14-11-22-18-8-7-16(20)10-17(14)18/h3-8,10-11,22H,9H2,1-2H3. The van der Waals surface area contributed by atoms with Gasteiger partial charge in [-0.25, -0.2) is 0 Å². The maximum absolute atomic E-state index is 9.21. The first-order chi connectivity index (χ1) is 10.5. The van der Waals surface area contributed by atoms with Crippen LogP contribution in [-0.4, -0.2) is 4.98 Å². The first-order valence-electron chi connectivity index (χ1n) is 7.26. The van der Waals surface area contributed by atoms with E-state index in [1.165, 1.54) is 16.5 Å². The zero-order valence-corrected chi connectivity index (χ0v) is 14.2. The van der Waals surface area contributed by atoms with Crippen LogP contribution in [0.1, 0.15) is 30.5 Å². The average Bonchev–Trinajstić information content (AvgIpc) is 2.90. The van der Waals surface area contributed by atoms with Gasteiger partial charge in [0.1, 0.15) is 0 Å². The molecule has 0 aliphatic heterocycles. The summed E-state index contributed by atoms with van der Waals surface area (Å²) >= 11 is 3.53. The van der Waals surface area contributed by atoms with E-state index in [1.807, 2.05) is 19.9 Å². The van der Waals surface area contributed by atoms with Gasteiger partial charge in [0.2, 0.25) is 0 Å². The molecule has 0 unspecified atom stereocenters. The molecule has 0 spiro atoms. The van der Waals surface area contributed by atoms with Crippen molar-refractivity contribution < 1.29 is 0 Å². The number of fused-ring (bicyclic) bond motifs is 1. The second-order valence-electron chi connectivity index (χ2n) is 6.11. The number of aromatic nitrogens is 1. The Bertz CT molecular complexity index is 851. The fourth-order valence-electron chi connectivity index (χ4n) is 2.62. The summed E-state index contributed by atoms with van der Waals surface area (Å²) in [5, 5.41) is 10.5. The van der Waals surface area contributed by atoms with Crippen molar-refractivity contribution in [3.8, 4) is 6.07 Å². The molecule has 1 N–H and O–H groups in total. The third kappa shape index (κ3) is 2.80. The summed E-state index contributed by atoms with van der Waals surface area (Å²) in [4.78, 5) is 3.32. The molecule has 0 bridgehead atoms. The molecule has 3 heteroatoms. The molecule has 0 radical (unpaired) electrons. The normalized spacial score (nSPS) is 11.5. The Morgan fingerprint density at radius 3 is 2.55 bits per heavy atom. The molecule has 22 heavy (non-hydrogen) atoms. The number of aromatic amines is 1. The number of halogens is 1. The van der Waals surface area contributed by atoms with E-state index in [-0.39, 0.29) is 0 Å². The number of hydrogen-bond acceptors (Lipinski definition) is 1. The summed E-state index contributed by atoms with van der Waals surface area (Å²) in [5.74, 6) is 0. The van der Waals surface area contributed by atoms with E-state index in [0.29, 0.717) is 0 Å². The third-order valence-corrected chi connectivity index (χ3v) is 4.57. The molecule has 1 heterocycles. The molecule has 0 saturated carbocycles. The van der Waals surface area contributed by atoms with Gasteiger partial charge in [-0.05, 0) is 55.2 Å². The highest BCUT2D eigenvalue weighted by molar-refractivity contribution is 9.10. The van der Waals surface area contributed by atoms with E-state index in [1.54, 1.807) is 0 Å². The molecule has 0 atom stereocenters. The van der Waals surface area contributed by atoms with E-state index in [2.05, 4.69) is 69.6 Å². The largest absolute Gasteiger partial charge is 0.361 e. The van der Waals surface area contributed by atoms with E-state index in [9.17, 15) is 5.26 Å². The summed E-state index contributed by atoms with van der Waals surface area (Å²) < 4.78 is 1.09. The lowest BCUT2D eigenvalue weighted by Gasteiger charge is -2.15. The van der Waals surface area contributed by atoms with Crippen LogP contribution in [0, 0.1) is 11.3 Å². The molecular weight excluding hydrogens is 336 g/mol. The number of benzene rings is 2. The van der Waals surface area contributed by atoms with Crippen LogP contribution in [0.15, 0.2) is 53.1 Å². The molecular formula is C19H17BrN2. The van der Waals surface area contributed by atoms with Gasteiger partial charge in [0, 0.05) is 21.6 Å². The van der Waals surface area contributed by atoms with Crippen LogP contribution in [0.5, 0.6) is 0 Å². The first-order valence-corrected chi connectivity index (χ1v) is 8.05. The van der Waals surface area contributed by atoms with Crippen molar-refractivity contribution in [3.05, 3.63) is 69.8 Å². The fourth-order valence-corrected chi connectivity index (χ4v) is 2.98. The van der Waals surface area contributed by atoms with Crippen LogP contribution in [-0.2, 0) is 11.8 Å². The van der Waals surface area contributed by atoms with Gasteiger partial charge < -0.3 is 4.98 Å². The second kappa shape index (κ2) is 5.62. The lowest BCUT2D eigenvalue weighted by Crippen LogP contribution is -2.13. The highest BCUT2D eigenvalue weighted by atomic mass is 79.9. The molecule has 110 valence electrons. The Hall–Kier alpha value is -2.05. The van der Waals surface area contributed by atoms with E-state index < -0.39 is 5.41 Å². The first kappa shape index (κ1) is 14.9. The van der Waals surface area contributed by atoms with E-state index in [4.69, 9.17) is 0 Å². The SMILES string of the molecule is CC(C)(C#N)c1ccc(Cc2c[nH]c3ccc(Br)cc23)cc1. The van der Waals surface area contributed by atoms with Gasteiger partial charge in [-0.3, -0.25) is 0 Å².